The van der Waals surface area contributed by atoms with Crippen LogP contribution in [0.5, 0.6) is 0 Å². The van der Waals surface area contributed by atoms with Crippen molar-refractivity contribution >= 4 is 11.9 Å². The fourth-order valence-electron chi connectivity index (χ4n) is 0.699. The summed E-state index contributed by atoms with van der Waals surface area (Å²) in [5.41, 5.74) is 10.1. The minimum atomic E-state index is -1.30. The quantitative estimate of drug-likeness (QED) is 0.211. The molecule has 0 aliphatic heterocycles. The van der Waals surface area contributed by atoms with Gasteiger partial charge in [0, 0.05) is 6.54 Å². The number of guanidine groups is 1. The van der Waals surface area contributed by atoms with Crippen molar-refractivity contribution in [3.8, 4) is 0 Å². The molecule has 0 aliphatic rings. The first-order valence-electron chi connectivity index (χ1n) is 3.69. The standard InChI is InChI=1S/C6H14N4O3/c7-4(5(12)13)3(11)1-2-10-6(8)9/h3-4,11H,1-2,7H2,(H,12,13)(H4,8,9,10)/t3?,4-/m0/s1. The average molecular weight is 190 g/mol. The maximum absolute atomic E-state index is 10.3. The second kappa shape index (κ2) is 5.33. The summed E-state index contributed by atoms with van der Waals surface area (Å²) in [5, 5.41) is 26.7. The predicted molar refractivity (Wildman–Crippen MR) is 46.2 cm³/mol. The van der Waals surface area contributed by atoms with Crippen molar-refractivity contribution in [3.63, 3.8) is 0 Å². The van der Waals surface area contributed by atoms with Crippen LogP contribution < -0.4 is 16.8 Å². The van der Waals surface area contributed by atoms with Crippen LogP contribution in [-0.4, -0.2) is 40.8 Å². The lowest BCUT2D eigenvalue weighted by Crippen LogP contribution is -2.43. The molecular weight excluding hydrogens is 176 g/mol. The molecule has 0 aromatic carbocycles. The Balaban J connectivity index is 3.67. The van der Waals surface area contributed by atoms with Crippen LogP contribution in [0.4, 0.5) is 0 Å². The minimum absolute atomic E-state index is 0.132. The van der Waals surface area contributed by atoms with E-state index in [0.717, 1.165) is 0 Å². The topological polar surface area (TPSA) is 145 Å². The molecule has 0 radical (unpaired) electrons. The molecule has 2 atom stereocenters. The van der Waals surface area contributed by atoms with Gasteiger partial charge in [0.25, 0.3) is 0 Å². The van der Waals surface area contributed by atoms with E-state index < -0.39 is 18.1 Å². The van der Waals surface area contributed by atoms with Crippen LogP contribution in [0.15, 0.2) is 0 Å². The first-order valence-corrected chi connectivity index (χ1v) is 3.69. The van der Waals surface area contributed by atoms with E-state index in [2.05, 4.69) is 5.32 Å². The molecule has 7 nitrogen and oxygen atoms in total. The smallest absolute Gasteiger partial charge is 0.323 e. The Hall–Kier alpha value is -1.34. The summed E-state index contributed by atoms with van der Waals surface area (Å²) in [6, 6.07) is -1.30. The van der Waals surface area contributed by atoms with Crippen molar-refractivity contribution in [2.45, 2.75) is 18.6 Å². The summed E-state index contributed by atoms with van der Waals surface area (Å²) >= 11 is 0. The summed E-state index contributed by atoms with van der Waals surface area (Å²) in [6.45, 7) is 0.220. The maximum atomic E-state index is 10.3. The Morgan fingerprint density at radius 2 is 2.15 bits per heavy atom. The van der Waals surface area contributed by atoms with Crippen molar-refractivity contribution < 1.29 is 15.0 Å². The molecule has 7 heteroatoms. The van der Waals surface area contributed by atoms with E-state index in [-0.39, 0.29) is 18.9 Å². The van der Waals surface area contributed by atoms with Crippen LogP contribution in [0.2, 0.25) is 0 Å². The van der Waals surface area contributed by atoms with E-state index >= 15 is 0 Å². The van der Waals surface area contributed by atoms with Gasteiger partial charge in [-0.15, -0.1) is 0 Å². The van der Waals surface area contributed by atoms with E-state index in [1.807, 2.05) is 0 Å². The highest BCUT2D eigenvalue weighted by atomic mass is 16.4. The molecule has 1 unspecified atom stereocenters. The Morgan fingerprint density at radius 1 is 1.62 bits per heavy atom. The largest absolute Gasteiger partial charge is 0.480 e. The van der Waals surface area contributed by atoms with Crippen LogP contribution in [0.25, 0.3) is 0 Å². The minimum Gasteiger partial charge on any atom is -0.480 e. The van der Waals surface area contributed by atoms with Crippen LogP contribution in [0.1, 0.15) is 6.42 Å². The summed E-state index contributed by atoms with van der Waals surface area (Å²) in [6.07, 6.45) is -1.00. The predicted octanol–water partition coefficient (Wildman–Crippen LogP) is -2.37. The van der Waals surface area contributed by atoms with E-state index in [9.17, 15) is 4.79 Å². The van der Waals surface area contributed by atoms with Crippen molar-refractivity contribution in [1.29, 1.82) is 5.41 Å². The molecule has 8 N–H and O–H groups in total. The first kappa shape index (κ1) is 11.7. The highest BCUT2D eigenvalue weighted by Crippen LogP contribution is 1.95. The zero-order chi connectivity index (χ0) is 10.4. The van der Waals surface area contributed by atoms with Gasteiger partial charge in [-0.25, -0.2) is 0 Å². The molecule has 76 valence electrons. The molecule has 0 saturated heterocycles. The normalized spacial score (nSPS) is 14.6. The Morgan fingerprint density at radius 3 is 2.54 bits per heavy atom. The number of hydrogen-bond donors (Lipinski definition) is 6. The zero-order valence-corrected chi connectivity index (χ0v) is 7.03. The first-order chi connectivity index (χ1) is 5.95. The number of aliphatic hydroxyl groups is 1. The molecule has 0 amide bonds. The number of rotatable bonds is 5. The van der Waals surface area contributed by atoms with Gasteiger partial charge in [0.15, 0.2) is 5.96 Å². The maximum Gasteiger partial charge on any atom is 0.323 e. The molecule has 13 heavy (non-hydrogen) atoms. The number of carboxylic acid groups (broad SMARTS) is 1. The third-order valence-electron chi connectivity index (χ3n) is 1.46. The highest BCUT2D eigenvalue weighted by Gasteiger charge is 2.21. The number of carboxylic acids is 1. The van der Waals surface area contributed by atoms with Gasteiger partial charge in [0.05, 0.1) is 6.10 Å². The van der Waals surface area contributed by atoms with Gasteiger partial charge in [-0.1, -0.05) is 0 Å². The molecule has 0 saturated carbocycles. The summed E-state index contributed by atoms with van der Waals surface area (Å²) < 4.78 is 0. The van der Waals surface area contributed by atoms with Crippen LogP contribution in [0.3, 0.4) is 0 Å². The van der Waals surface area contributed by atoms with Gasteiger partial charge in [0.2, 0.25) is 0 Å². The van der Waals surface area contributed by atoms with Crippen molar-refractivity contribution in [2.75, 3.05) is 6.54 Å². The Bertz CT molecular complexity index is 196. The number of aliphatic carboxylic acids is 1. The molecule has 0 fully saturated rings. The highest BCUT2D eigenvalue weighted by molar-refractivity contribution is 5.74. The fraction of sp³-hybridized carbons (Fsp3) is 0.667. The van der Waals surface area contributed by atoms with Crippen LogP contribution in [0, 0.1) is 5.41 Å². The summed E-state index contributed by atoms with van der Waals surface area (Å²) in [5.74, 6) is -1.48. The zero-order valence-electron chi connectivity index (χ0n) is 7.03. The van der Waals surface area contributed by atoms with Gasteiger partial charge >= 0.3 is 5.97 Å². The van der Waals surface area contributed by atoms with Crippen molar-refractivity contribution in [1.82, 2.24) is 5.32 Å². The summed E-state index contributed by atoms with van der Waals surface area (Å²) in [7, 11) is 0. The number of carbonyl (C=O) groups is 1. The average Bonchev–Trinajstić information content (AvgIpc) is 2.02. The third kappa shape index (κ3) is 4.99. The van der Waals surface area contributed by atoms with Gasteiger partial charge in [-0.2, -0.15) is 0 Å². The Kier molecular flexibility index (Phi) is 4.78. The van der Waals surface area contributed by atoms with E-state index in [4.69, 9.17) is 27.1 Å². The lowest BCUT2D eigenvalue weighted by Gasteiger charge is -2.14. The van der Waals surface area contributed by atoms with Crippen molar-refractivity contribution in [3.05, 3.63) is 0 Å². The van der Waals surface area contributed by atoms with Gasteiger partial charge in [-0.05, 0) is 6.42 Å². The molecule has 0 aliphatic carbocycles. The summed E-state index contributed by atoms with van der Waals surface area (Å²) in [4.78, 5) is 10.3. The number of nitrogens with two attached hydrogens (primary N) is 2. The van der Waals surface area contributed by atoms with E-state index in [1.54, 1.807) is 0 Å². The van der Waals surface area contributed by atoms with E-state index in [0.29, 0.717) is 0 Å². The molecule has 0 rings (SSSR count). The second-order valence-electron chi connectivity index (χ2n) is 2.56. The number of aliphatic hydroxyl groups excluding tert-OH is 1. The lowest BCUT2D eigenvalue weighted by atomic mass is 10.1. The molecule has 0 aromatic rings. The van der Waals surface area contributed by atoms with Crippen LogP contribution in [-0.2, 0) is 4.79 Å². The number of hydrogen-bond acceptors (Lipinski definition) is 4. The molecule has 0 spiro atoms. The monoisotopic (exact) mass is 190 g/mol. The van der Waals surface area contributed by atoms with Crippen LogP contribution >= 0.6 is 0 Å². The molecule has 0 heterocycles. The molecular formula is C6H14N4O3. The number of nitrogens with one attached hydrogen (secondary N) is 2. The van der Waals surface area contributed by atoms with Crippen molar-refractivity contribution in [2.24, 2.45) is 11.5 Å². The van der Waals surface area contributed by atoms with Gasteiger partial charge in [0.1, 0.15) is 6.04 Å². The second-order valence-corrected chi connectivity index (χ2v) is 2.56. The Labute approximate surface area is 75.2 Å². The third-order valence-corrected chi connectivity index (χ3v) is 1.46. The van der Waals surface area contributed by atoms with E-state index in [1.165, 1.54) is 0 Å². The van der Waals surface area contributed by atoms with Gasteiger partial charge in [-0.3, -0.25) is 10.2 Å². The molecule has 0 aromatic heterocycles. The van der Waals surface area contributed by atoms with Gasteiger partial charge < -0.3 is 27.0 Å². The SMILES string of the molecule is N=C(N)NCCC(O)[C@H](N)C(=O)O. The molecule has 0 bridgehead atoms. The lowest BCUT2D eigenvalue weighted by molar-refractivity contribution is -0.141. The fourth-order valence-corrected chi connectivity index (χ4v) is 0.699.